The maximum absolute atomic E-state index is 12.1. The molecule has 0 aromatic heterocycles. The molecule has 0 radical (unpaired) electrons. The Morgan fingerprint density at radius 2 is 2.00 bits per heavy atom. The van der Waals surface area contributed by atoms with Gasteiger partial charge in [0.1, 0.15) is 0 Å². The lowest BCUT2D eigenvalue weighted by Gasteiger charge is -2.26. The van der Waals surface area contributed by atoms with Gasteiger partial charge in [0.05, 0.1) is 4.90 Å². The fourth-order valence-corrected chi connectivity index (χ4v) is 2.65. The number of sulfonamides is 1. The average molecular weight is 282 g/mol. The van der Waals surface area contributed by atoms with Crippen molar-refractivity contribution in [1.82, 2.24) is 5.32 Å². The predicted molar refractivity (Wildman–Crippen MR) is 72.1 cm³/mol. The van der Waals surface area contributed by atoms with E-state index in [0.29, 0.717) is 11.5 Å². The third-order valence-corrected chi connectivity index (χ3v) is 4.37. The van der Waals surface area contributed by atoms with Gasteiger partial charge in [0.25, 0.3) is 5.91 Å². The van der Waals surface area contributed by atoms with Crippen LogP contribution in [0.5, 0.6) is 0 Å². The Morgan fingerprint density at radius 3 is 2.53 bits per heavy atom. The first-order chi connectivity index (χ1) is 8.70. The Bertz CT molecular complexity index is 604. The molecule has 104 valence electrons. The maximum atomic E-state index is 12.1. The van der Waals surface area contributed by atoms with Gasteiger partial charge in [0.15, 0.2) is 0 Å². The van der Waals surface area contributed by atoms with E-state index < -0.39 is 10.0 Å². The van der Waals surface area contributed by atoms with Crippen molar-refractivity contribution in [2.45, 2.75) is 37.1 Å². The standard InChI is InChI=1S/C13H18N2O3S/c1-13(2,10-6-7-10)15-12(16)9-4-3-5-11(8-9)19(14,17)18/h3-5,8,10H,6-7H2,1-2H3,(H,15,16)(H2,14,17,18). The van der Waals surface area contributed by atoms with E-state index in [-0.39, 0.29) is 16.3 Å². The number of amides is 1. The van der Waals surface area contributed by atoms with Crippen LogP contribution in [0.25, 0.3) is 0 Å². The quantitative estimate of drug-likeness (QED) is 0.871. The molecule has 6 heteroatoms. The van der Waals surface area contributed by atoms with E-state index in [0.717, 1.165) is 12.8 Å². The monoisotopic (exact) mass is 282 g/mol. The van der Waals surface area contributed by atoms with Crippen LogP contribution in [0.3, 0.4) is 0 Å². The molecule has 1 aliphatic rings. The lowest BCUT2D eigenvalue weighted by molar-refractivity contribution is 0.0903. The molecule has 1 aromatic carbocycles. The maximum Gasteiger partial charge on any atom is 0.251 e. The van der Waals surface area contributed by atoms with Gasteiger partial charge in [-0.25, -0.2) is 13.6 Å². The normalized spacial score (nSPS) is 16.2. The molecule has 1 aromatic rings. The lowest BCUT2D eigenvalue weighted by atomic mass is 9.98. The first kappa shape index (κ1) is 14.0. The molecule has 3 N–H and O–H groups in total. The van der Waals surface area contributed by atoms with E-state index in [1.54, 1.807) is 6.07 Å². The summed E-state index contributed by atoms with van der Waals surface area (Å²) in [6, 6.07) is 5.76. The van der Waals surface area contributed by atoms with Crippen molar-refractivity contribution in [3.05, 3.63) is 29.8 Å². The Labute approximate surface area is 113 Å². The highest BCUT2D eigenvalue weighted by Gasteiger charge is 2.38. The second-order valence-electron chi connectivity index (χ2n) is 5.52. The van der Waals surface area contributed by atoms with Crippen LogP contribution >= 0.6 is 0 Å². The van der Waals surface area contributed by atoms with E-state index >= 15 is 0 Å². The molecule has 0 spiro atoms. The molecule has 0 unspecified atom stereocenters. The summed E-state index contributed by atoms with van der Waals surface area (Å²) in [5.41, 5.74) is 0.0366. The van der Waals surface area contributed by atoms with Gasteiger partial charge in [-0.15, -0.1) is 0 Å². The van der Waals surface area contributed by atoms with E-state index in [2.05, 4.69) is 5.32 Å². The molecule has 0 atom stereocenters. The number of carbonyl (C=O) groups is 1. The Morgan fingerprint density at radius 1 is 1.37 bits per heavy atom. The minimum Gasteiger partial charge on any atom is -0.347 e. The van der Waals surface area contributed by atoms with Crippen LogP contribution in [-0.4, -0.2) is 19.9 Å². The number of benzene rings is 1. The van der Waals surface area contributed by atoms with Crippen molar-refractivity contribution in [3.8, 4) is 0 Å². The van der Waals surface area contributed by atoms with Gasteiger partial charge in [-0.1, -0.05) is 6.07 Å². The van der Waals surface area contributed by atoms with Gasteiger partial charge >= 0.3 is 0 Å². The fourth-order valence-electron chi connectivity index (χ4n) is 2.09. The SMILES string of the molecule is CC(C)(NC(=O)c1cccc(S(N)(=O)=O)c1)C1CC1. The number of nitrogens with one attached hydrogen (secondary N) is 1. The number of carbonyl (C=O) groups excluding carboxylic acids is 1. The second-order valence-corrected chi connectivity index (χ2v) is 7.08. The molecule has 1 saturated carbocycles. The van der Waals surface area contributed by atoms with E-state index in [4.69, 9.17) is 5.14 Å². The summed E-state index contributed by atoms with van der Waals surface area (Å²) in [7, 11) is -3.79. The van der Waals surface area contributed by atoms with Crippen LogP contribution in [0, 0.1) is 5.92 Å². The number of hydrogen-bond acceptors (Lipinski definition) is 3. The number of hydrogen-bond donors (Lipinski definition) is 2. The van der Waals surface area contributed by atoms with Gasteiger partial charge in [-0.3, -0.25) is 4.79 Å². The molecule has 0 bridgehead atoms. The highest BCUT2D eigenvalue weighted by atomic mass is 32.2. The van der Waals surface area contributed by atoms with Crippen LogP contribution in [-0.2, 0) is 10.0 Å². The summed E-state index contributed by atoms with van der Waals surface area (Å²) in [6.45, 7) is 3.96. The summed E-state index contributed by atoms with van der Waals surface area (Å²) in [5, 5.41) is 7.99. The van der Waals surface area contributed by atoms with Gasteiger partial charge in [0.2, 0.25) is 10.0 Å². The summed E-state index contributed by atoms with van der Waals surface area (Å²) in [4.78, 5) is 12.1. The van der Waals surface area contributed by atoms with Crippen molar-refractivity contribution < 1.29 is 13.2 Å². The van der Waals surface area contributed by atoms with Crippen LogP contribution in [0.2, 0.25) is 0 Å². The second kappa shape index (κ2) is 4.61. The largest absolute Gasteiger partial charge is 0.347 e. The fraction of sp³-hybridized carbons (Fsp3) is 0.462. The first-order valence-corrected chi connectivity index (χ1v) is 7.70. The molecule has 0 heterocycles. The van der Waals surface area contributed by atoms with Crippen molar-refractivity contribution in [3.63, 3.8) is 0 Å². The molecule has 2 rings (SSSR count). The van der Waals surface area contributed by atoms with Crippen LogP contribution in [0.4, 0.5) is 0 Å². The van der Waals surface area contributed by atoms with Gasteiger partial charge in [-0.05, 0) is 50.8 Å². The molecular weight excluding hydrogens is 264 g/mol. The van der Waals surface area contributed by atoms with Gasteiger partial charge in [0, 0.05) is 11.1 Å². The summed E-state index contributed by atoms with van der Waals surface area (Å²) in [6.07, 6.45) is 2.23. The molecule has 5 nitrogen and oxygen atoms in total. The molecule has 1 fully saturated rings. The summed E-state index contributed by atoms with van der Waals surface area (Å²) in [5.74, 6) is 0.222. The highest BCUT2D eigenvalue weighted by Crippen LogP contribution is 2.39. The molecule has 1 aliphatic carbocycles. The van der Waals surface area contributed by atoms with E-state index in [9.17, 15) is 13.2 Å². The molecule has 0 aliphatic heterocycles. The van der Waals surface area contributed by atoms with Crippen molar-refractivity contribution >= 4 is 15.9 Å². The Kier molecular flexibility index (Phi) is 3.40. The number of nitrogens with two attached hydrogens (primary N) is 1. The van der Waals surface area contributed by atoms with Crippen LogP contribution in [0.15, 0.2) is 29.2 Å². The third kappa shape index (κ3) is 3.33. The topological polar surface area (TPSA) is 89.3 Å². The molecular formula is C13H18N2O3S. The lowest BCUT2D eigenvalue weighted by Crippen LogP contribution is -2.45. The van der Waals surface area contributed by atoms with E-state index in [1.807, 2.05) is 13.8 Å². The van der Waals surface area contributed by atoms with Crippen molar-refractivity contribution in [2.75, 3.05) is 0 Å². The number of primary sulfonamides is 1. The highest BCUT2D eigenvalue weighted by molar-refractivity contribution is 7.89. The zero-order chi connectivity index (χ0) is 14.3. The van der Waals surface area contributed by atoms with E-state index in [1.165, 1.54) is 18.2 Å². The summed E-state index contributed by atoms with van der Waals surface area (Å²) < 4.78 is 22.5. The van der Waals surface area contributed by atoms with Crippen molar-refractivity contribution in [2.24, 2.45) is 11.1 Å². The zero-order valence-corrected chi connectivity index (χ0v) is 11.8. The first-order valence-electron chi connectivity index (χ1n) is 6.15. The van der Waals surface area contributed by atoms with Crippen LogP contribution in [0.1, 0.15) is 37.0 Å². The molecule has 19 heavy (non-hydrogen) atoms. The Hall–Kier alpha value is -1.40. The average Bonchev–Trinajstić information content (AvgIpc) is 3.11. The Balaban J connectivity index is 2.20. The zero-order valence-electron chi connectivity index (χ0n) is 11.0. The molecule has 1 amide bonds. The van der Waals surface area contributed by atoms with Gasteiger partial charge in [-0.2, -0.15) is 0 Å². The molecule has 0 saturated heterocycles. The van der Waals surface area contributed by atoms with Crippen molar-refractivity contribution in [1.29, 1.82) is 0 Å². The van der Waals surface area contributed by atoms with Crippen LogP contribution < -0.4 is 10.5 Å². The minimum absolute atomic E-state index is 0.0515. The predicted octanol–water partition coefficient (Wildman–Crippen LogP) is 1.25. The number of rotatable bonds is 4. The third-order valence-electron chi connectivity index (χ3n) is 3.46. The smallest absolute Gasteiger partial charge is 0.251 e. The van der Waals surface area contributed by atoms with Gasteiger partial charge < -0.3 is 5.32 Å². The minimum atomic E-state index is -3.79. The summed E-state index contributed by atoms with van der Waals surface area (Å²) >= 11 is 0.